The van der Waals surface area contributed by atoms with Gasteiger partial charge in [-0.3, -0.25) is 9.59 Å². The van der Waals surface area contributed by atoms with Crippen molar-refractivity contribution in [1.29, 1.82) is 0 Å². The number of amides is 2. The number of hydrogen-bond acceptors (Lipinski definition) is 4. The Kier molecular flexibility index (Phi) is 6.76. The van der Waals surface area contributed by atoms with Crippen LogP contribution < -0.4 is 15.4 Å². The number of hydrogen-bond donors (Lipinski definition) is 2. The third-order valence-electron chi connectivity index (χ3n) is 4.57. The van der Waals surface area contributed by atoms with Crippen LogP contribution in [0.3, 0.4) is 0 Å². The highest BCUT2D eigenvalue weighted by molar-refractivity contribution is 8.01. The first-order chi connectivity index (χ1) is 13.2. The molecular weight excluding hydrogens is 360 g/mol. The summed E-state index contributed by atoms with van der Waals surface area (Å²) in [7, 11) is 1.64. The van der Waals surface area contributed by atoms with Crippen LogP contribution in [0.5, 0.6) is 5.75 Å². The Bertz CT molecular complexity index is 810. The molecule has 1 heterocycles. The van der Waals surface area contributed by atoms with Gasteiger partial charge in [0.15, 0.2) is 0 Å². The number of nitrogens with one attached hydrogen (secondary N) is 2. The first-order valence-electron chi connectivity index (χ1n) is 9.06. The van der Waals surface area contributed by atoms with E-state index < -0.39 is 0 Å². The summed E-state index contributed by atoms with van der Waals surface area (Å²) in [6, 6.07) is 15.6. The molecule has 0 spiro atoms. The second-order valence-electron chi connectivity index (χ2n) is 6.40. The summed E-state index contributed by atoms with van der Waals surface area (Å²) in [5, 5.41) is 5.68. The summed E-state index contributed by atoms with van der Waals surface area (Å²) in [5.74, 6) is 1.03. The maximum atomic E-state index is 12.4. The second kappa shape index (κ2) is 9.46. The molecule has 0 bridgehead atoms. The first-order valence-corrected chi connectivity index (χ1v) is 10.1. The molecule has 3 rings (SSSR count). The molecule has 2 aromatic carbocycles. The van der Waals surface area contributed by atoms with Gasteiger partial charge in [0.2, 0.25) is 11.8 Å². The van der Waals surface area contributed by atoms with Crippen molar-refractivity contribution in [3.8, 4) is 5.75 Å². The van der Waals surface area contributed by atoms with Crippen molar-refractivity contribution >= 4 is 29.3 Å². The van der Waals surface area contributed by atoms with Gasteiger partial charge in [-0.25, -0.2) is 0 Å². The summed E-state index contributed by atoms with van der Waals surface area (Å²) in [4.78, 5) is 24.5. The Morgan fingerprint density at radius 1 is 1.22 bits per heavy atom. The van der Waals surface area contributed by atoms with Crippen molar-refractivity contribution < 1.29 is 14.3 Å². The molecule has 0 aromatic heterocycles. The molecule has 0 fully saturated rings. The van der Waals surface area contributed by atoms with Gasteiger partial charge in [-0.05, 0) is 42.5 Å². The largest absolute Gasteiger partial charge is 0.496 e. The minimum absolute atomic E-state index is 0.0215. The van der Waals surface area contributed by atoms with Gasteiger partial charge < -0.3 is 15.4 Å². The summed E-state index contributed by atoms with van der Waals surface area (Å²) in [5.41, 5.74) is 3.09. The van der Waals surface area contributed by atoms with E-state index in [2.05, 4.69) is 10.6 Å². The number of para-hydroxylation sites is 2. The highest BCUT2D eigenvalue weighted by Gasteiger charge is 2.24. The normalized spacial score (nSPS) is 16.0. The van der Waals surface area contributed by atoms with Gasteiger partial charge in [-0.2, -0.15) is 0 Å². The molecular formula is C21H24N2O3S. The van der Waals surface area contributed by atoms with E-state index in [1.807, 2.05) is 48.5 Å². The maximum absolute atomic E-state index is 12.4. The van der Waals surface area contributed by atoms with Gasteiger partial charge in [0, 0.05) is 12.2 Å². The van der Waals surface area contributed by atoms with Crippen LogP contribution in [0, 0.1) is 0 Å². The molecule has 0 radical (unpaired) electrons. The molecule has 0 unspecified atom stereocenters. The van der Waals surface area contributed by atoms with Crippen molar-refractivity contribution in [2.45, 2.75) is 24.5 Å². The topological polar surface area (TPSA) is 67.4 Å². The van der Waals surface area contributed by atoms with Crippen LogP contribution in [0.4, 0.5) is 5.69 Å². The Labute approximate surface area is 163 Å². The van der Waals surface area contributed by atoms with Crippen molar-refractivity contribution in [2.75, 3.05) is 24.7 Å². The van der Waals surface area contributed by atoms with Crippen molar-refractivity contribution in [1.82, 2.24) is 5.32 Å². The van der Waals surface area contributed by atoms with Crippen LogP contribution in [-0.4, -0.2) is 36.5 Å². The standard InChI is InChI=1S/C21H24N2O3S/c1-26-18-9-5-3-7-16(18)12-13-22-20(24)14-27-19-11-10-15-6-2-4-8-17(15)23-21(19)25/h2-9,19H,10-14H2,1H3,(H,22,24)(H,23,25)/t19-/m0/s1. The van der Waals surface area contributed by atoms with E-state index in [0.717, 1.165) is 35.4 Å². The van der Waals surface area contributed by atoms with Crippen LogP contribution >= 0.6 is 11.8 Å². The Morgan fingerprint density at radius 3 is 2.85 bits per heavy atom. The van der Waals surface area contributed by atoms with Crippen LogP contribution in [0.25, 0.3) is 0 Å². The van der Waals surface area contributed by atoms with Gasteiger partial charge in [0.1, 0.15) is 5.75 Å². The third kappa shape index (κ3) is 5.26. The molecule has 5 nitrogen and oxygen atoms in total. The number of fused-ring (bicyclic) bond motifs is 1. The fourth-order valence-corrected chi connectivity index (χ4v) is 4.07. The molecule has 2 N–H and O–H groups in total. The smallest absolute Gasteiger partial charge is 0.237 e. The Hall–Kier alpha value is -2.47. The van der Waals surface area contributed by atoms with Gasteiger partial charge in [-0.15, -0.1) is 11.8 Å². The van der Waals surface area contributed by atoms with E-state index in [4.69, 9.17) is 4.74 Å². The Balaban J connectivity index is 1.43. The van der Waals surface area contributed by atoms with E-state index in [-0.39, 0.29) is 22.8 Å². The zero-order valence-corrected chi connectivity index (χ0v) is 16.2. The molecule has 1 aliphatic heterocycles. The summed E-state index contributed by atoms with van der Waals surface area (Å²) in [6.45, 7) is 0.544. The lowest BCUT2D eigenvalue weighted by Crippen LogP contribution is -2.30. The second-order valence-corrected chi connectivity index (χ2v) is 7.59. The molecule has 1 atom stereocenters. The number of carbonyl (C=O) groups excluding carboxylic acids is 2. The fourth-order valence-electron chi connectivity index (χ4n) is 3.12. The summed E-state index contributed by atoms with van der Waals surface area (Å²) >= 11 is 1.40. The molecule has 1 aliphatic rings. The van der Waals surface area contributed by atoms with Crippen molar-refractivity contribution in [3.05, 3.63) is 59.7 Å². The number of aryl methyl sites for hydroxylation is 1. The highest BCUT2D eigenvalue weighted by atomic mass is 32.2. The lowest BCUT2D eigenvalue weighted by molar-refractivity contribution is -0.118. The minimum atomic E-state index is -0.211. The summed E-state index contributed by atoms with van der Waals surface area (Å²) < 4.78 is 5.32. The van der Waals surface area contributed by atoms with Crippen LogP contribution in [0.2, 0.25) is 0 Å². The number of ether oxygens (including phenoxy) is 1. The van der Waals surface area contributed by atoms with Crippen LogP contribution in [-0.2, 0) is 22.4 Å². The molecule has 2 aromatic rings. The quantitative estimate of drug-likeness (QED) is 0.770. The Morgan fingerprint density at radius 2 is 2.00 bits per heavy atom. The average molecular weight is 385 g/mol. The van der Waals surface area contributed by atoms with Gasteiger partial charge >= 0.3 is 0 Å². The van der Waals surface area contributed by atoms with E-state index >= 15 is 0 Å². The lowest BCUT2D eigenvalue weighted by Gasteiger charge is -2.13. The van der Waals surface area contributed by atoms with E-state index in [0.29, 0.717) is 13.0 Å². The molecule has 0 aliphatic carbocycles. The zero-order valence-electron chi connectivity index (χ0n) is 15.4. The third-order valence-corrected chi connectivity index (χ3v) is 5.85. The maximum Gasteiger partial charge on any atom is 0.237 e. The monoisotopic (exact) mass is 384 g/mol. The zero-order chi connectivity index (χ0) is 19.1. The number of benzene rings is 2. The van der Waals surface area contributed by atoms with Gasteiger partial charge in [0.05, 0.1) is 18.1 Å². The molecule has 6 heteroatoms. The summed E-state index contributed by atoms with van der Waals surface area (Å²) in [6.07, 6.45) is 2.28. The molecule has 2 amide bonds. The predicted molar refractivity (Wildman–Crippen MR) is 109 cm³/mol. The molecule has 142 valence electrons. The predicted octanol–water partition coefficient (Wildman–Crippen LogP) is 3.04. The van der Waals surface area contributed by atoms with E-state index in [1.54, 1.807) is 7.11 Å². The van der Waals surface area contributed by atoms with Crippen LogP contribution in [0.1, 0.15) is 17.5 Å². The van der Waals surface area contributed by atoms with Crippen molar-refractivity contribution in [2.24, 2.45) is 0 Å². The van der Waals surface area contributed by atoms with Crippen LogP contribution in [0.15, 0.2) is 48.5 Å². The van der Waals surface area contributed by atoms with E-state index in [9.17, 15) is 9.59 Å². The van der Waals surface area contributed by atoms with Gasteiger partial charge in [-0.1, -0.05) is 36.4 Å². The molecule has 0 saturated carbocycles. The number of methoxy groups -OCH3 is 1. The fraction of sp³-hybridized carbons (Fsp3) is 0.333. The van der Waals surface area contributed by atoms with Gasteiger partial charge in [0.25, 0.3) is 0 Å². The number of thioether (sulfide) groups is 1. The minimum Gasteiger partial charge on any atom is -0.496 e. The molecule has 27 heavy (non-hydrogen) atoms. The average Bonchev–Trinajstić information content (AvgIpc) is 2.85. The first kappa shape index (κ1) is 19.3. The highest BCUT2D eigenvalue weighted by Crippen LogP contribution is 2.27. The molecule has 0 saturated heterocycles. The SMILES string of the molecule is COc1ccccc1CCNC(=O)CS[C@H]1CCc2ccccc2NC1=O. The lowest BCUT2D eigenvalue weighted by atomic mass is 10.1. The van der Waals surface area contributed by atoms with E-state index in [1.165, 1.54) is 11.8 Å². The number of anilines is 1. The van der Waals surface area contributed by atoms with Crippen molar-refractivity contribution in [3.63, 3.8) is 0 Å². The number of rotatable bonds is 7. The number of carbonyl (C=O) groups is 2.